The molecule has 0 unspecified atom stereocenters. The Morgan fingerprint density at radius 3 is 2.74 bits per heavy atom. The number of amides is 1. The van der Waals surface area contributed by atoms with E-state index in [0.717, 1.165) is 11.1 Å². The van der Waals surface area contributed by atoms with Crippen molar-refractivity contribution in [2.45, 2.75) is 13.5 Å². The van der Waals surface area contributed by atoms with E-state index >= 15 is 0 Å². The van der Waals surface area contributed by atoms with E-state index in [2.05, 4.69) is 10.3 Å². The van der Waals surface area contributed by atoms with Gasteiger partial charge < -0.3 is 4.74 Å². The van der Waals surface area contributed by atoms with Gasteiger partial charge >= 0.3 is 6.09 Å². The van der Waals surface area contributed by atoms with Crippen LogP contribution in [0.1, 0.15) is 11.1 Å². The molecule has 0 aliphatic heterocycles. The van der Waals surface area contributed by atoms with Crippen molar-refractivity contribution >= 4 is 23.4 Å². The predicted octanol–water partition coefficient (Wildman–Crippen LogP) is 3.79. The summed E-state index contributed by atoms with van der Waals surface area (Å²) in [6.07, 6.45) is 1.03. The van der Waals surface area contributed by atoms with Gasteiger partial charge in [0.1, 0.15) is 6.61 Å². The number of anilines is 1. The number of ether oxygens (including phenoxy) is 1. The smallest absolute Gasteiger partial charge is 0.412 e. The van der Waals surface area contributed by atoms with Gasteiger partial charge in [0, 0.05) is 6.20 Å². The van der Waals surface area contributed by atoms with Gasteiger partial charge in [-0.1, -0.05) is 41.9 Å². The summed E-state index contributed by atoms with van der Waals surface area (Å²) in [4.78, 5) is 15.6. The van der Waals surface area contributed by atoms with E-state index in [1.54, 1.807) is 12.3 Å². The Hall–Kier alpha value is -2.07. The van der Waals surface area contributed by atoms with Crippen LogP contribution >= 0.6 is 11.6 Å². The average molecular weight is 277 g/mol. The van der Waals surface area contributed by atoms with E-state index in [4.69, 9.17) is 16.3 Å². The Morgan fingerprint density at radius 1 is 1.32 bits per heavy atom. The van der Waals surface area contributed by atoms with Gasteiger partial charge in [-0.05, 0) is 24.1 Å². The predicted molar refractivity (Wildman–Crippen MR) is 74.2 cm³/mol. The second-order valence-corrected chi connectivity index (χ2v) is 4.34. The number of nitrogens with one attached hydrogen (secondary N) is 1. The number of rotatable bonds is 3. The molecule has 1 aromatic carbocycles. The molecule has 0 radical (unpaired) electrons. The molecule has 0 atom stereocenters. The van der Waals surface area contributed by atoms with Crippen LogP contribution in [0, 0.1) is 6.92 Å². The second kappa shape index (κ2) is 6.20. The molecule has 0 aliphatic carbocycles. The number of aryl methyl sites for hydroxylation is 1. The zero-order chi connectivity index (χ0) is 13.7. The largest absolute Gasteiger partial charge is 0.444 e. The molecule has 0 aliphatic rings. The molecule has 2 aromatic rings. The van der Waals surface area contributed by atoms with Crippen molar-refractivity contribution in [3.05, 3.63) is 58.9 Å². The molecular weight excluding hydrogens is 264 g/mol. The van der Waals surface area contributed by atoms with Crippen LogP contribution in [0.25, 0.3) is 0 Å². The minimum absolute atomic E-state index is 0.212. The van der Waals surface area contributed by atoms with E-state index in [9.17, 15) is 4.79 Å². The van der Waals surface area contributed by atoms with Crippen molar-refractivity contribution in [2.75, 3.05) is 5.32 Å². The Balaban J connectivity index is 1.95. The first kappa shape index (κ1) is 13.4. The lowest BCUT2D eigenvalue weighted by Crippen LogP contribution is -2.15. The maximum atomic E-state index is 11.7. The number of carbonyl (C=O) groups is 1. The molecule has 0 saturated carbocycles. The highest BCUT2D eigenvalue weighted by molar-refractivity contribution is 6.32. The summed E-state index contributed by atoms with van der Waals surface area (Å²) in [5, 5.41) is 2.84. The number of carbonyl (C=O) groups excluding carboxylic acids is 1. The SMILES string of the molecule is Cc1ccnc(Cl)c1NC(=O)OCc1ccccc1. The maximum absolute atomic E-state index is 11.7. The first-order valence-corrected chi connectivity index (χ1v) is 6.13. The topological polar surface area (TPSA) is 51.2 Å². The molecule has 0 spiro atoms. The third kappa shape index (κ3) is 3.69. The van der Waals surface area contributed by atoms with Crippen molar-refractivity contribution in [3.63, 3.8) is 0 Å². The second-order valence-electron chi connectivity index (χ2n) is 3.98. The summed E-state index contributed by atoms with van der Waals surface area (Å²) in [5.41, 5.74) is 2.23. The molecule has 98 valence electrons. The zero-order valence-corrected chi connectivity index (χ0v) is 11.1. The van der Waals surface area contributed by atoms with Crippen LogP contribution in [-0.2, 0) is 11.3 Å². The average Bonchev–Trinajstić information content (AvgIpc) is 2.42. The number of pyridine rings is 1. The van der Waals surface area contributed by atoms with E-state index in [-0.39, 0.29) is 11.8 Å². The van der Waals surface area contributed by atoms with Gasteiger partial charge in [-0.25, -0.2) is 9.78 Å². The summed E-state index contributed by atoms with van der Waals surface area (Å²) in [5.74, 6) is 0. The van der Waals surface area contributed by atoms with Gasteiger partial charge in [-0.15, -0.1) is 0 Å². The summed E-state index contributed by atoms with van der Waals surface area (Å²) in [6.45, 7) is 2.05. The lowest BCUT2D eigenvalue weighted by atomic mass is 10.2. The Bertz CT molecular complexity index is 553. The molecule has 5 heteroatoms. The number of hydrogen-bond donors (Lipinski definition) is 1. The van der Waals surface area contributed by atoms with Gasteiger partial charge in [0.2, 0.25) is 0 Å². The van der Waals surface area contributed by atoms with Crippen molar-refractivity contribution in [1.29, 1.82) is 0 Å². The minimum Gasteiger partial charge on any atom is -0.444 e. The summed E-state index contributed by atoms with van der Waals surface area (Å²) in [7, 11) is 0. The highest BCUT2D eigenvalue weighted by Crippen LogP contribution is 2.22. The summed E-state index contributed by atoms with van der Waals surface area (Å²) in [6, 6.07) is 11.2. The van der Waals surface area contributed by atoms with Gasteiger partial charge in [0.05, 0.1) is 5.69 Å². The van der Waals surface area contributed by atoms with Crippen LogP contribution < -0.4 is 5.32 Å². The Kier molecular flexibility index (Phi) is 4.36. The van der Waals surface area contributed by atoms with Crippen LogP contribution in [0.2, 0.25) is 5.15 Å². The van der Waals surface area contributed by atoms with Crippen molar-refractivity contribution in [3.8, 4) is 0 Å². The summed E-state index contributed by atoms with van der Waals surface area (Å²) < 4.78 is 5.11. The molecule has 1 amide bonds. The Labute approximate surface area is 116 Å². The molecule has 0 fully saturated rings. The van der Waals surface area contributed by atoms with E-state index in [0.29, 0.717) is 5.69 Å². The Morgan fingerprint density at radius 2 is 2.05 bits per heavy atom. The van der Waals surface area contributed by atoms with E-state index < -0.39 is 6.09 Å². The number of halogens is 1. The highest BCUT2D eigenvalue weighted by Gasteiger charge is 2.10. The van der Waals surface area contributed by atoms with Gasteiger partial charge in [-0.2, -0.15) is 0 Å². The number of aromatic nitrogens is 1. The molecule has 1 aromatic heterocycles. The number of benzene rings is 1. The summed E-state index contributed by atoms with van der Waals surface area (Å²) >= 11 is 5.91. The van der Waals surface area contributed by atoms with E-state index in [1.807, 2.05) is 37.3 Å². The molecule has 1 N–H and O–H groups in total. The van der Waals surface area contributed by atoms with Crippen LogP contribution in [0.4, 0.5) is 10.5 Å². The minimum atomic E-state index is -0.554. The van der Waals surface area contributed by atoms with Gasteiger partial charge in [-0.3, -0.25) is 5.32 Å². The molecule has 2 rings (SSSR count). The molecule has 1 heterocycles. The maximum Gasteiger partial charge on any atom is 0.412 e. The number of nitrogens with zero attached hydrogens (tertiary/aromatic N) is 1. The third-order valence-electron chi connectivity index (χ3n) is 2.55. The fraction of sp³-hybridized carbons (Fsp3) is 0.143. The van der Waals surface area contributed by atoms with Crippen LogP contribution in [0.5, 0.6) is 0 Å². The zero-order valence-electron chi connectivity index (χ0n) is 10.4. The molecular formula is C14H13ClN2O2. The van der Waals surface area contributed by atoms with E-state index in [1.165, 1.54) is 0 Å². The van der Waals surface area contributed by atoms with Crippen molar-refractivity contribution in [2.24, 2.45) is 0 Å². The molecule has 0 bridgehead atoms. The van der Waals surface area contributed by atoms with Crippen LogP contribution in [0.15, 0.2) is 42.6 Å². The van der Waals surface area contributed by atoms with Crippen molar-refractivity contribution < 1.29 is 9.53 Å². The third-order valence-corrected chi connectivity index (χ3v) is 2.84. The van der Waals surface area contributed by atoms with Gasteiger partial charge in [0.25, 0.3) is 0 Å². The lowest BCUT2D eigenvalue weighted by molar-refractivity contribution is 0.155. The molecule has 0 saturated heterocycles. The first-order valence-electron chi connectivity index (χ1n) is 5.75. The fourth-order valence-corrected chi connectivity index (χ4v) is 1.79. The van der Waals surface area contributed by atoms with Crippen LogP contribution in [0.3, 0.4) is 0 Å². The van der Waals surface area contributed by atoms with Crippen LogP contribution in [-0.4, -0.2) is 11.1 Å². The standard InChI is InChI=1S/C14H13ClN2O2/c1-10-7-8-16-13(15)12(10)17-14(18)19-9-11-5-3-2-4-6-11/h2-8H,9H2,1H3,(H,17,18). The fourth-order valence-electron chi connectivity index (χ4n) is 1.54. The first-order chi connectivity index (χ1) is 9.16. The molecule has 4 nitrogen and oxygen atoms in total. The number of hydrogen-bond acceptors (Lipinski definition) is 3. The normalized spacial score (nSPS) is 10.0. The monoisotopic (exact) mass is 276 g/mol. The highest BCUT2D eigenvalue weighted by atomic mass is 35.5. The lowest BCUT2D eigenvalue weighted by Gasteiger charge is -2.10. The van der Waals surface area contributed by atoms with Gasteiger partial charge in [0.15, 0.2) is 5.15 Å². The van der Waals surface area contributed by atoms with Crippen molar-refractivity contribution in [1.82, 2.24) is 4.98 Å². The molecule has 19 heavy (non-hydrogen) atoms. The quantitative estimate of drug-likeness (QED) is 0.868.